The third kappa shape index (κ3) is 5.83. The lowest BCUT2D eigenvalue weighted by Crippen LogP contribution is -2.44. The Labute approximate surface area is 156 Å². The highest BCUT2D eigenvalue weighted by atomic mass is 32.2. The quantitative estimate of drug-likeness (QED) is 0.226. The van der Waals surface area contributed by atoms with Crippen LogP contribution in [0.2, 0.25) is 0 Å². The van der Waals surface area contributed by atoms with Gasteiger partial charge >= 0.3 is 5.97 Å². The molecule has 158 valence electrons. The van der Waals surface area contributed by atoms with Crippen LogP contribution in [0.25, 0.3) is 0 Å². The lowest BCUT2D eigenvalue weighted by Gasteiger charge is -2.29. The second kappa shape index (κ2) is 9.11. The Balaban J connectivity index is 2.15. The first-order valence-corrected chi connectivity index (χ1v) is 9.55. The number of nitrogens with zero attached hydrogens (tertiary/aromatic N) is 1. The molecule has 0 amide bonds. The van der Waals surface area contributed by atoms with Crippen molar-refractivity contribution in [1.29, 1.82) is 0 Å². The van der Waals surface area contributed by atoms with Gasteiger partial charge in [0.15, 0.2) is 23.3 Å². The number of halogens is 5. The van der Waals surface area contributed by atoms with Gasteiger partial charge < -0.3 is 9.47 Å². The molecule has 2 rings (SSSR count). The van der Waals surface area contributed by atoms with Crippen LogP contribution in [0.3, 0.4) is 0 Å². The molecule has 0 bridgehead atoms. The highest BCUT2D eigenvalue weighted by Crippen LogP contribution is 2.23. The van der Waals surface area contributed by atoms with Crippen molar-refractivity contribution in [1.82, 2.24) is 4.90 Å². The maximum atomic E-state index is 13.7. The number of carbonyl (C=O) groups is 1. The molecule has 1 aromatic rings. The molecular weight excluding hydrogens is 417 g/mol. The summed E-state index contributed by atoms with van der Waals surface area (Å²) in [7, 11) is -4.58. The van der Waals surface area contributed by atoms with Crippen molar-refractivity contribution in [2.75, 3.05) is 38.6 Å². The Hall–Kier alpha value is -1.83. The Morgan fingerprint density at radius 3 is 2.04 bits per heavy atom. The van der Waals surface area contributed by atoms with Crippen LogP contribution < -0.4 is 0 Å². The van der Waals surface area contributed by atoms with Crippen LogP contribution in [0.1, 0.15) is 5.56 Å². The topological polar surface area (TPSA) is 93.1 Å². The molecule has 1 aromatic carbocycles. The minimum absolute atomic E-state index is 0.147. The standard InChI is InChI=1S/C15H16F5NO6S/c16-11-9(12(17)14(19)15(20)13(11)18)5-10(22)27-8(7-28(23,24)25)6-21-1-3-26-4-2-21/h8H,1-7H2,(H,23,24,25). The van der Waals surface area contributed by atoms with Crippen molar-refractivity contribution in [2.45, 2.75) is 12.5 Å². The van der Waals surface area contributed by atoms with Gasteiger partial charge in [-0.15, -0.1) is 0 Å². The molecule has 1 saturated heterocycles. The largest absolute Gasteiger partial charge is 0.460 e. The molecular formula is C15H16F5NO6S. The van der Waals surface area contributed by atoms with E-state index in [-0.39, 0.29) is 6.54 Å². The lowest BCUT2D eigenvalue weighted by atomic mass is 10.1. The molecule has 0 radical (unpaired) electrons. The predicted octanol–water partition coefficient (Wildman–Crippen LogP) is 1.06. The first-order chi connectivity index (χ1) is 13.0. The monoisotopic (exact) mass is 433 g/mol. The van der Waals surface area contributed by atoms with Crippen LogP contribution >= 0.6 is 0 Å². The zero-order valence-electron chi connectivity index (χ0n) is 14.3. The van der Waals surface area contributed by atoms with Crippen LogP contribution in [-0.2, 0) is 30.8 Å². The minimum Gasteiger partial charge on any atom is -0.460 e. The van der Waals surface area contributed by atoms with Gasteiger partial charge in [-0.3, -0.25) is 14.2 Å². The third-order valence-corrected chi connectivity index (χ3v) is 4.68. The third-order valence-electron chi connectivity index (χ3n) is 3.88. The number of hydrogen-bond acceptors (Lipinski definition) is 6. The Kier molecular flexibility index (Phi) is 7.31. The molecule has 7 nitrogen and oxygen atoms in total. The van der Waals surface area contributed by atoms with Crippen LogP contribution in [0, 0.1) is 29.1 Å². The Morgan fingerprint density at radius 2 is 1.54 bits per heavy atom. The summed E-state index contributed by atoms with van der Waals surface area (Å²) in [5, 5.41) is 0. The summed E-state index contributed by atoms with van der Waals surface area (Å²) in [6.07, 6.45) is -2.75. The van der Waals surface area contributed by atoms with E-state index < -0.39 is 69.0 Å². The number of carbonyl (C=O) groups excluding carboxylic acids is 1. The molecule has 1 fully saturated rings. The van der Waals surface area contributed by atoms with Gasteiger partial charge in [-0.2, -0.15) is 8.42 Å². The van der Waals surface area contributed by atoms with Gasteiger partial charge in [-0.1, -0.05) is 0 Å². The van der Waals surface area contributed by atoms with Crippen molar-refractivity contribution in [3.05, 3.63) is 34.6 Å². The van der Waals surface area contributed by atoms with Crippen LogP contribution in [0.4, 0.5) is 22.0 Å². The summed E-state index contributed by atoms with van der Waals surface area (Å²) < 4.78 is 108. The SMILES string of the molecule is O=C(Cc1c(F)c(F)c(F)c(F)c1F)OC(CN1CCOCC1)CS(=O)(=O)O. The zero-order valence-corrected chi connectivity index (χ0v) is 15.1. The number of benzene rings is 1. The molecule has 0 spiro atoms. The number of rotatable bonds is 7. The average molecular weight is 433 g/mol. The van der Waals surface area contributed by atoms with Crippen molar-refractivity contribution >= 4 is 16.1 Å². The van der Waals surface area contributed by atoms with E-state index in [1.165, 1.54) is 0 Å². The van der Waals surface area contributed by atoms with Crippen molar-refractivity contribution in [2.24, 2.45) is 0 Å². The zero-order chi connectivity index (χ0) is 21.1. The molecule has 1 unspecified atom stereocenters. The van der Waals surface area contributed by atoms with Crippen LogP contribution in [0.5, 0.6) is 0 Å². The van der Waals surface area contributed by atoms with Gasteiger partial charge in [-0.25, -0.2) is 22.0 Å². The Morgan fingerprint density at radius 1 is 1.04 bits per heavy atom. The summed E-state index contributed by atoms with van der Waals surface area (Å²) in [4.78, 5) is 13.6. The van der Waals surface area contributed by atoms with E-state index in [0.29, 0.717) is 26.3 Å². The normalized spacial score (nSPS) is 16.8. The molecule has 28 heavy (non-hydrogen) atoms. The van der Waals surface area contributed by atoms with Crippen molar-refractivity contribution < 1.29 is 49.2 Å². The molecule has 1 atom stereocenters. The van der Waals surface area contributed by atoms with Crippen LogP contribution in [-0.4, -0.2) is 68.5 Å². The first kappa shape index (κ1) is 22.5. The first-order valence-electron chi connectivity index (χ1n) is 7.94. The average Bonchev–Trinajstić information content (AvgIpc) is 2.61. The molecule has 1 N–H and O–H groups in total. The van der Waals surface area contributed by atoms with E-state index in [1.807, 2.05) is 0 Å². The maximum Gasteiger partial charge on any atom is 0.310 e. The fraction of sp³-hybridized carbons (Fsp3) is 0.533. The summed E-state index contributed by atoms with van der Waals surface area (Å²) in [6.45, 7) is 1.26. The van der Waals surface area contributed by atoms with Gasteiger partial charge in [0.2, 0.25) is 5.82 Å². The van der Waals surface area contributed by atoms with Gasteiger partial charge in [0.25, 0.3) is 10.1 Å². The number of hydrogen-bond donors (Lipinski definition) is 1. The van der Waals surface area contributed by atoms with Gasteiger partial charge in [0.1, 0.15) is 11.9 Å². The van der Waals surface area contributed by atoms with Gasteiger partial charge in [0.05, 0.1) is 19.6 Å². The summed E-state index contributed by atoms with van der Waals surface area (Å²) in [5.74, 6) is -13.6. The molecule has 1 aliphatic rings. The molecule has 1 heterocycles. The molecule has 13 heteroatoms. The smallest absolute Gasteiger partial charge is 0.310 e. The van der Waals surface area contributed by atoms with Crippen LogP contribution in [0.15, 0.2) is 0 Å². The molecule has 0 aromatic heterocycles. The maximum absolute atomic E-state index is 13.7. The van der Waals surface area contributed by atoms with Crippen molar-refractivity contribution in [3.63, 3.8) is 0 Å². The minimum atomic E-state index is -4.58. The second-order valence-electron chi connectivity index (χ2n) is 6.00. The fourth-order valence-electron chi connectivity index (χ4n) is 2.61. The van der Waals surface area contributed by atoms with Gasteiger partial charge in [0, 0.05) is 25.2 Å². The fourth-order valence-corrected chi connectivity index (χ4v) is 3.25. The Bertz CT molecular complexity index is 815. The van der Waals surface area contributed by atoms with E-state index in [2.05, 4.69) is 0 Å². The predicted molar refractivity (Wildman–Crippen MR) is 83.5 cm³/mol. The summed E-state index contributed by atoms with van der Waals surface area (Å²) in [6, 6.07) is 0. The summed E-state index contributed by atoms with van der Waals surface area (Å²) >= 11 is 0. The van der Waals surface area contributed by atoms with E-state index in [9.17, 15) is 35.2 Å². The lowest BCUT2D eigenvalue weighted by molar-refractivity contribution is -0.148. The van der Waals surface area contributed by atoms with Crippen molar-refractivity contribution in [3.8, 4) is 0 Å². The van der Waals surface area contributed by atoms with E-state index in [0.717, 1.165) is 0 Å². The molecule has 0 saturated carbocycles. The molecule has 0 aliphatic carbocycles. The van der Waals surface area contributed by atoms with E-state index in [4.69, 9.17) is 14.0 Å². The highest BCUT2D eigenvalue weighted by molar-refractivity contribution is 7.85. The van der Waals surface area contributed by atoms with E-state index >= 15 is 0 Å². The van der Waals surface area contributed by atoms with E-state index in [1.54, 1.807) is 4.90 Å². The summed E-state index contributed by atoms with van der Waals surface area (Å²) in [5.41, 5.74) is -1.40. The number of morpholine rings is 1. The number of esters is 1. The molecule has 1 aliphatic heterocycles. The number of ether oxygens (including phenoxy) is 2. The highest BCUT2D eigenvalue weighted by Gasteiger charge is 2.29. The van der Waals surface area contributed by atoms with Gasteiger partial charge in [-0.05, 0) is 0 Å². The second-order valence-corrected chi connectivity index (χ2v) is 7.50.